The molecule has 2 amide bonds. The van der Waals surface area contributed by atoms with Crippen LogP contribution in [0.2, 0.25) is 0 Å². The molecule has 4 fully saturated rings. The average molecular weight is 370 g/mol. The summed E-state index contributed by atoms with van der Waals surface area (Å²) in [5, 5.41) is 5.80. The van der Waals surface area contributed by atoms with Crippen LogP contribution in [0.5, 0.6) is 0 Å². The fraction of sp³-hybridized carbons (Fsp3) is 0.636. The Balaban J connectivity index is 1.12. The smallest absolute Gasteiger partial charge is 0.244 e. The van der Waals surface area contributed by atoms with Gasteiger partial charge in [0.25, 0.3) is 0 Å². The van der Waals surface area contributed by atoms with Crippen LogP contribution in [0.4, 0.5) is 0 Å². The van der Waals surface area contributed by atoms with Crippen LogP contribution in [0.1, 0.15) is 57.1 Å². The molecule has 1 heterocycles. The van der Waals surface area contributed by atoms with Crippen molar-refractivity contribution in [2.75, 3.05) is 13.1 Å². The molecule has 0 aliphatic heterocycles. The van der Waals surface area contributed by atoms with Gasteiger partial charge >= 0.3 is 0 Å². The predicted molar refractivity (Wildman–Crippen MR) is 104 cm³/mol. The SMILES string of the molecule is O=C(/C=C/c1ccco1)NCCC(=O)NCCC12CC3CC(CC(C3)C1)C2. The Morgan fingerprint density at radius 2 is 1.78 bits per heavy atom. The van der Waals surface area contributed by atoms with Crippen molar-refractivity contribution in [3.05, 3.63) is 30.2 Å². The summed E-state index contributed by atoms with van der Waals surface area (Å²) in [6, 6.07) is 3.55. The number of rotatable bonds is 8. The van der Waals surface area contributed by atoms with Gasteiger partial charge in [0.1, 0.15) is 5.76 Å². The van der Waals surface area contributed by atoms with Crippen LogP contribution in [-0.2, 0) is 9.59 Å². The number of nitrogens with one attached hydrogen (secondary N) is 2. The monoisotopic (exact) mass is 370 g/mol. The van der Waals surface area contributed by atoms with Gasteiger partial charge in [0.15, 0.2) is 0 Å². The summed E-state index contributed by atoms with van der Waals surface area (Å²) in [5.41, 5.74) is 0.507. The van der Waals surface area contributed by atoms with Crippen LogP contribution < -0.4 is 10.6 Å². The third-order valence-corrected chi connectivity index (χ3v) is 6.74. The van der Waals surface area contributed by atoms with Crippen molar-refractivity contribution in [1.29, 1.82) is 0 Å². The minimum Gasteiger partial charge on any atom is -0.465 e. The molecule has 0 aromatic carbocycles. The second-order valence-corrected chi connectivity index (χ2v) is 8.91. The second-order valence-electron chi connectivity index (χ2n) is 8.91. The van der Waals surface area contributed by atoms with E-state index >= 15 is 0 Å². The van der Waals surface area contributed by atoms with Crippen molar-refractivity contribution >= 4 is 17.9 Å². The number of carbonyl (C=O) groups is 2. The fourth-order valence-corrected chi connectivity index (χ4v) is 6.05. The largest absolute Gasteiger partial charge is 0.465 e. The molecule has 5 rings (SSSR count). The summed E-state index contributed by atoms with van der Waals surface area (Å²) in [6.07, 6.45) is 14.6. The zero-order valence-corrected chi connectivity index (χ0v) is 15.9. The second kappa shape index (κ2) is 7.91. The summed E-state index contributed by atoms with van der Waals surface area (Å²) in [7, 11) is 0. The highest BCUT2D eigenvalue weighted by molar-refractivity contribution is 5.91. The predicted octanol–water partition coefficient (Wildman–Crippen LogP) is 3.52. The molecule has 1 aromatic heterocycles. The highest BCUT2D eigenvalue weighted by Gasteiger charge is 2.50. The fourth-order valence-electron chi connectivity index (χ4n) is 6.05. The molecule has 4 saturated carbocycles. The van der Waals surface area contributed by atoms with E-state index in [1.807, 2.05) is 0 Å². The number of amides is 2. The Morgan fingerprint density at radius 3 is 2.41 bits per heavy atom. The van der Waals surface area contributed by atoms with Crippen molar-refractivity contribution in [2.45, 2.75) is 51.4 Å². The normalized spacial score (nSPS) is 31.3. The molecule has 0 spiro atoms. The van der Waals surface area contributed by atoms with Crippen LogP contribution in [0.3, 0.4) is 0 Å². The van der Waals surface area contributed by atoms with Crippen molar-refractivity contribution in [2.24, 2.45) is 23.2 Å². The van der Waals surface area contributed by atoms with E-state index in [1.54, 1.807) is 24.5 Å². The molecule has 2 N–H and O–H groups in total. The quantitative estimate of drug-likeness (QED) is 0.688. The van der Waals surface area contributed by atoms with Crippen molar-refractivity contribution < 1.29 is 14.0 Å². The average Bonchev–Trinajstić information content (AvgIpc) is 3.12. The third kappa shape index (κ3) is 4.63. The van der Waals surface area contributed by atoms with Crippen LogP contribution >= 0.6 is 0 Å². The number of furan rings is 1. The van der Waals surface area contributed by atoms with Crippen molar-refractivity contribution in [3.63, 3.8) is 0 Å². The summed E-state index contributed by atoms with van der Waals surface area (Å²) in [5.74, 6) is 3.31. The lowest BCUT2D eigenvalue weighted by Crippen LogP contribution is -2.47. The Kier molecular flexibility index (Phi) is 5.37. The van der Waals surface area contributed by atoms with Gasteiger partial charge in [0, 0.05) is 25.6 Å². The highest BCUT2D eigenvalue weighted by Crippen LogP contribution is 2.61. The maximum atomic E-state index is 12.1. The molecule has 1 aromatic rings. The van der Waals surface area contributed by atoms with E-state index in [0.717, 1.165) is 30.7 Å². The van der Waals surface area contributed by atoms with Crippen molar-refractivity contribution in [3.8, 4) is 0 Å². The Morgan fingerprint density at radius 1 is 1.07 bits per heavy atom. The number of hydrogen-bond acceptors (Lipinski definition) is 3. The molecule has 4 aliphatic carbocycles. The summed E-state index contributed by atoms with van der Waals surface area (Å²) in [4.78, 5) is 23.8. The van der Waals surface area contributed by atoms with Gasteiger partial charge in [-0.1, -0.05) is 0 Å². The van der Waals surface area contributed by atoms with Crippen LogP contribution in [-0.4, -0.2) is 24.9 Å². The topological polar surface area (TPSA) is 71.3 Å². The van der Waals surface area contributed by atoms with E-state index in [1.165, 1.54) is 44.6 Å². The van der Waals surface area contributed by atoms with E-state index < -0.39 is 0 Å². The molecular formula is C22H30N2O3. The van der Waals surface area contributed by atoms with Crippen molar-refractivity contribution in [1.82, 2.24) is 10.6 Å². The van der Waals surface area contributed by atoms with Gasteiger partial charge in [-0.05, 0) is 86.3 Å². The lowest BCUT2D eigenvalue weighted by molar-refractivity contribution is -0.121. The van der Waals surface area contributed by atoms with Gasteiger partial charge in [-0.25, -0.2) is 0 Å². The maximum absolute atomic E-state index is 12.1. The van der Waals surface area contributed by atoms with E-state index in [4.69, 9.17) is 4.42 Å². The molecule has 146 valence electrons. The summed E-state index contributed by atoms with van der Waals surface area (Å²) in [6.45, 7) is 1.13. The Hall–Kier alpha value is -2.04. The molecule has 0 unspecified atom stereocenters. The molecule has 5 nitrogen and oxygen atoms in total. The molecular weight excluding hydrogens is 340 g/mol. The Bertz CT molecular complexity index is 657. The van der Waals surface area contributed by atoms with Crippen LogP contribution in [0.15, 0.2) is 28.9 Å². The lowest BCUT2D eigenvalue weighted by atomic mass is 9.49. The Labute approximate surface area is 161 Å². The van der Waals surface area contributed by atoms with Crippen LogP contribution in [0, 0.1) is 23.2 Å². The first-order valence-electron chi connectivity index (χ1n) is 10.4. The highest BCUT2D eigenvalue weighted by atomic mass is 16.3. The first-order chi connectivity index (χ1) is 13.1. The van der Waals surface area contributed by atoms with Gasteiger partial charge in [-0.3, -0.25) is 9.59 Å². The molecule has 4 bridgehead atoms. The lowest BCUT2D eigenvalue weighted by Gasteiger charge is -2.57. The number of hydrogen-bond donors (Lipinski definition) is 2. The molecule has 0 atom stereocenters. The molecule has 5 heteroatoms. The first kappa shape index (κ1) is 18.3. The maximum Gasteiger partial charge on any atom is 0.244 e. The third-order valence-electron chi connectivity index (χ3n) is 6.74. The van der Waals surface area contributed by atoms with Gasteiger partial charge in [0.05, 0.1) is 6.26 Å². The summed E-state index contributed by atoms with van der Waals surface area (Å²) >= 11 is 0. The molecule has 0 saturated heterocycles. The first-order valence-corrected chi connectivity index (χ1v) is 10.4. The van der Waals surface area contributed by atoms with E-state index in [0.29, 0.717) is 24.1 Å². The summed E-state index contributed by atoms with van der Waals surface area (Å²) < 4.78 is 5.13. The standard InChI is InChI=1S/C22H30N2O3/c25-20(4-3-19-2-1-9-27-19)23-7-5-21(26)24-8-6-22-13-16-10-17(14-22)12-18(11-16)15-22/h1-4,9,16-18H,5-8,10-15H2,(H,23,25)(H,24,26)/b4-3+. The van der Waals surface area contributed by atoms with E-state index in [9.17, 15) is 9.59 Å². The van der Waals surface area contributed by atoms with E-state index in [-0.39, 0.29) is 11.8 Å². The zero-order chi connectivity index (χ0) is 18.7. The van der Waals surface area contributed by atoms with Crippen LogP contribution in [0.25, 0.3) is 6.08 Å². The number of carbonyl (C=O) groups excluding carboxylic acids is 2. The molecule has 0 radical (unpaired) electrons. The molecule has 27 heavy (non-hydrogen) atoms. The zero-order valence-electron chi connectivity index (χ0n) is 15.9. The van der Waals surface area contributed by atoms with Gasteiger partial charge < -0.3 is 15.1 Å². The minimum absolute atomic E-state index is 0.0232. The van der Waals surface area contributed by atoms with Gasteiger partial charge in [-0.2, -0.15) is 0 Å². The molecule has 4 aliphatic rings. The van der Waals surface area contributed by atoms with Gasteiger partial charge in [-0.15, -0.1) is 0 Å². The van der Waals surface area contributed by atoms with E-state index in [2.05, 4.69) is 10.6 Å². The minimum atomic E-state index is -0.215. The van der Waals surface area contributed by atoms with Gasteiger partial charge in [0.2, 0.25) is 11.8 Å².